The average Bonchev–Trinajstić information content (AvgIpc) is 2.34. The van der Waals surface area contributed by atoms with Crippen LogP contribution in [0.5, 0.6) is 0 Å². The molecular weight excluding hydrogens is 244 g/mol. The highest BCUT2D eigenvalue weighted by Crippen LogP contribution is 2.19. The van der Waals surface area contributed by atoms with E-state index in [1.54, 1.807) is 11.8 Å². The number of carbonyl (C=O) groups is 1. The Morgan fingerprint density at radius 3 is 2.78 bits per heavy atom. The maximum absolute atomic E-state index is 11.7. The number of carbonyl (C=O) groups excluding carboxylic acids is 1. The first-order chi connectivity index (χ1) is 8.43. The zero-order chi connectivity index (χ0) is 13.6. The summed E-state index contributed by atoms with van der Waals surface area (Å²) >= 11 is 1.75. The summed E-state index contributed by atoms with van der Waals surface area (Å²) in [7, 11) is 0. The molecule has 3 nitrogen and oxygen atoms in total. The van der Waals surface area contributed by atoms with Crippen molar-refractivity contribution < 1.29 is 4.79 Å². The van der Waals surface area contributed by atoms with Gasteiger partial charge in [-0.1, -0.05) is 12.1 Å². The summed E-state index contributed by atoms with van der Waals surface area (Å²) in [5, 5.41) is 2.97. The first kappa shape index (κ1) is 14.9. The number of hydrogen-bond donors (Lipinski definition) is 2. The first-order valence-corrected chi connectivity index (χ1v) is 7.32. The summed E-state index contributed by atoms with van der Waals surface area (Å²) in [5.74, 6) is 0.0968. The van der Waals surface area contributed by atoms with Gasteiger partial charge in [-0.25, -0.2) is 0 Å². The van der Waals surface area contributed by atoms with Gasteiger partial charge in [-0.05, 0) is 44.2 Å². The zero-order valence-corrected chi connectivity index (χ0v) is 12.1. The van der Waals surface area contributed by atoms with Gasteiger partial charge in [0.1, 0.15) is 0 Å². The quantitative estimate of drug-likeness (QED) is 0.778. The molecule has 0 heterocycles. The van der Waals surface area contributed by atoms with Crippen molar-refractivity contribution in [2.45, 2.75) is 31.4 Å². The number of anilines is 1. The number of benzene rings is 1. The maximum atomic E-state index is 11.7. The van der Waals surface area contributed by atoms with Crippen molar-refractivity contribution in [1.29, 1.82) is 0 Å². The third kappa shape index (κ3) is 5.45. The fourth-order valence-electron chi connectivity index (χ4n) is 1.48. The summed E-state index contributed by atoms with van der Waals surface area (Å²) in [5.41, 5.74) is 7.55. The lowest BCUT2D eigenvalue weighted by Gasteiger charge is -2.22. The monoisotopic (exact) mass is 266 g/mol. The van der Waals surface area contributed by atoms with Crippen molar-refractivity contribution in [3.63, 3.8) is 0 Å². The maximum Gasteiger partial charge on any atom is 0.220 e. The van der Waals surface area contributed by atoms with Gasteiger partial charge in [-0.15, -0.1) is 0 Å². The highest BCUT2D eigenvalue weighted by molar-refractivity contribution is 7.99. The van der Waals surface area contributed by atoms with Crippen molar-refractivity contribution in [2.75, 3.05) is 18.5 Å². The van der Waals surface area contributed by atoms with Gasteiger partial charge in [0, 0.05) is 23.4 Å². The standard InChI is InChI=1S/C14H22N2OS/c1-14(2,18-3)10-16-13(17)8-7-11-5-4-6-12(15)9-11/h4-6,9H,7-8,10,15H2,1-3H3,(H,16,17). The minimum absolute atomic E-state index is 0.0901. The van der Waals surface area contributed by atoms with Gasteiger partial charge in [0.15, 0.2) is 0 Å². The van der Waals surface area contributed by atoms with Crippen LogP contribution < -0.4 is 11.1 Å². The van der Waals surface area contributed by atoms with E-state index in [1.807, 2.05) is 24.3 Å². The molecule has 0 unspecified atom stereocenters. The second kappa shape index (κ2) is 6.69. The molecule has 1 amide bonds. The van der Waals surface area contributed by atoms with E-state index in [1.165, 1.54) is 0 Å². The van der Waals surface area contributed by atoms with Crippen LogP contribution >= 0.6 is 11.8 Å². The molecule has 1 rings (SSSR count). The van der Waals surface area contributed by atoms with Crippen LogP contribution in [0.2, 0.25) is 0 Å². The van der Waals surface area contributed by atoms with E-state index >= 15 is 0 Å². The third-order valence-corrected chi connectivity index (χ3v) is 4.11. The first-order valence-electron chi connectivity index (χ1n) is 6.09. The van der Waals surface area contributed by atoms with Gasteiger partial charge in [0.2, 0.25) is 5.91 Å². The Bertz CT molecular complexity index is 405. The summed E-state index contributed by atoms with van der Waals surface area (Å²) < 4.78 is 0.0901. The second-order valence-electron chi connectivity index (χ2n) is 4.99. The van der Waals surface area contributed by atoms with E-state index in [-0.39, 0.29) is 10.7 Å². The molecule has 0 radical (unpaired) electrons. The Morgan fingerprint density at radius 1 is 1.44 bits per heavy atom. The number of hydrogen-bond acceptors (Lipinski definition) is 3. The molecule has 18 heavy (non-hydrogen) atoms. The molecule has 0 aliphatic rings. The van der Waals surface area contributed by atoms with Gasteiger partial charge in [-0.2, -0.15) is 11.8 Å². The average molecular weight is 266 g/mol. The number of nitrogens with one attached hydrogen (secondary N) is 1. The molecule has 0 saturated carbocycles. The molecule has 1 aromatic carbocycles. The van der Waals surface area contributed by atoms with Crippen LogP contribution in [0.1, 0.15) is 25.8 Å². The Morgan fingerprint density at radius 2 is 2.17 bits per heavy atom. The molecule has 0 bridgehead atoms. The number of aryl methyl sites for hydroxylation is 1. The van der Waals surface area contributed by atoms with E-state index in [2.05, 4.69) is 25.4 Å². The molecule has 0 spiro atoms. The van der Waals surface area contributed by atoms with Crippen molar-refractivity contribution >= 4 is 23.4 Å². The van der Waals surface area contributed by atoms with Gasteiger partial charge >= 0.3 is 0 Å². The predicted molar refractivity (Wildman–Crippen MR) is 79.8 cm³/mol. The Kier molecular flexibility index (Phi) is 5.54. The smallest absolute Gasteiger partial charge is 0.220 e. The minimum atomic E-state index is 0.0901. The minimum Gasteiger partial charge on any atom is -0.399 e. The molecule has 0 aromatic heterocycles. The van der Waals surface area contributed by atoms with E-state index in [0.29, 0.717) is 13.0 Å². The van der Waals surface area contributed by atoms with Crippen LogP contribution in [-0.4, -0.2) is 23.5 Å². The number of thioether (sulfide) groups is 1. The molecule has 0 fully saturated rings. The van der Waals surface area contributed by atoms with Gasteiger partial charge < -0.3 is 11.1 Å². The third-order valence-electron chi connectivity index (χ3n) is 2.86. The Balaban J connectivity index is 2.34. The van der Waals surface area contributed by atoms with Crippen LogP contribution in [0.25, 0.3) is 0 Å². The highest BCUT2D eigenvalue weighted by Gasteiger charge is 2.16. The van der Waals surface area contributed by atoms with Crippen molar-refractivity contribution in [1.82, 2.24) is 5.32 Å². The second-order valence-corrected chi connectivity index (χ2v) is 6.50. The molecule has 4 heteroatoms. The Hall–Kier alpha value is -1.16. The summed E-state index contributed by atoms with van der Waals surface area (Å²) in [6, 6.07) is 7.68. The summed E-state index contributed by atoms with van der Waals surface area (Å²) in [6.07, 6.45) is 3.30. The molecule has 100 valence electrons. The van der Waals surface area contributed by atoms with E-state index in [9.17, 15) is 4.79 Å². The SMILES string of the molecule is CSC(C)(C)CNC(=O)CCc1cccc(N)c1. The number of amides is 1. The van der Waals surface area contributed by atoms with Crippen LogP contribution in [0.15, 0.2) is 24.3 Å². The zero-order valence-electron chi connectivity index (χ0n) is 11.3. The van der Waals surface area contributed by atoms with Crippen molar-refractivity contribution in [3.05, 3.63) is 29.8 Å². The molecule has 0 aliphatic carbocycles. The van der Waals surface area contributed by atoms with Crippen molar-refractivity contribution in [3.8, 4) is 0 Å². The van der Waals surface area contributed by atoms with Gasteiger partial charge in [0.05, 0.1) is 0 Å². The topological polar surface area (TPSA) is 55.1 Å². The normalized spacial score (nSPS) is 11.3. The summed E-state index contributed by atoms with van der Waals surface area (Å²) in [6.45, 7) is 4.94. The molecule has 0 saturated heterocycles. The predicted octanol–water partition coefficient (Wildman–Crippen LogP) is 2.46. The number of nitrogens with two attached hydrogens (primary N) is 1. The van der Waals surface area contributed by atoms with E-state index in [4.69, 9.17) is 5.73 Å². The molecule has 0 atom stereocenters. The fourth-order valence-corrected chi connectivity index (χ4v) is 1.70. The number of nitrogen functional groups attached to an aromatic ring is 1. The lowest BCUT2D eigenvalue weighted by molar-refractivity contribution is -0.121. The van der Waals surface area contributed by atoms with E-state index in [0.717, 1.165) is 17.7 Å². The van der Waals surface area contributed by atoms with Gasteiger partial charge in [0.25, 0.3) is 0 Å². The van der Waals surface area contributed by atoms with Crippen molar-refractivity contribution in [2.24, 2.45) is 0 Å². The molecule has 3 N–H and O–H groups in total. The van der Waals surface area contributed by atoms with Gasteiger partial charge in [-0.3, -0.25) is 4.79 Å². The Labute approximate surface area is 114 Å². The molecule has 1 aromatic rings. The molecular formula is C14H22N2OS. The summed E-state index contributed by atoms with van der Waals surface area (Å²) in [4.78, 5) is 11.7. The number of rotatable bonds is 6. The largest absolute Gasteiger partial charge is 0.399 e. The lowest BCUT2D eigenvalue weighted by Crippen LogP contribution is -2.36. The van der Waals surface area contributed by atoms with Crippen LogP contribution in [0.3, 0.4) is 0 Å². The fraction of sp³-hybridized carbons (Fsp3) is 0.500. The lowest BCUT2D eigenvalue weighted by atomic mass is 10.1. The van der Waals surface area contributed by atoms with Crippen LogP contribution in [-0.2, 0) is 11.2 Å². The highest BCUT2D eigenvalue weighted by atomic mass is 32.2. The van der Waals surface area contributed by atoms with Crippen LogP contribution in [0, 0.1) is 0 Å². The van der Waals surface area contributed by atoms with Crippen LogP contribution in [0.4, 0.5) is 5.69 Å². The van der Waals surface area contributed by atoms with E-state index < -0.39 is 0 Å². The molecule has 0 aliphatic heterocycles.